The molecule has 130 valence electrons. The van der Waals surface area contributed by atoms with Crippen molar-refractivity contribution < 1.29 is 9.18 Å². The Kier molecular flexibility index (Phi) is 10.4. The zero-order valence-electron chi connectivity index (χ0n) is 14.0. The first-order valence-corrected chi connectivity index (χ1v) is 7.28. The fourth-order valence-corrected chi connectivity index (χ4v) is 1.49. The van der Waals surface area contributed by atoms with Crippen LogP contribution >= 0.6 is 24.0 Å². The van der Waals surface area contributed by atoms with Crippen LogP contribution in [0.25, 0.3) is 0 Å². The van der Waals surface area contributed by atoms with Gasteiger partial charge in [-0.1, -0.05) is 6.92 Å². The number of guanidine groups is 1. The Balaban J connectivity index is 0.00000484. The van der Waals surface area contributed by atoms with Gasteiger partial charge in [0, 0.05) is 26.3 Å². The van der Waals surface area contributed by atoms with Gasteiger partial charge in [0.25, 0.3) is 0 Å². The second kappa shape index (κ2) is 11.1. The number of hydrogen-bond donors (Lipinski definition) is 2. The Bertz CT molecular complexity index is 524. The first-order valence-electron chi connectivity index (χ1n) is 7.28. The van der Waals surface area contributed by atoms with E-state index < -0.39 is 5.82 Å². The van der Waals surface area contributed by atoms with E-state index in [0.717, 1.165) is 6.42 Å². The van der Waals surface area contributed by atoms with E-state index in [2.05, 4.69) is 20.6 Å². The van der Waals surface area contributed by atoms with E-state index in [4.69, 9.17) is 0 Å². The van der Waals surface area contributed by atoms with Crippen LogP contribution in [-0.4, -0.2) is 48.4 Å². The number of pyridine rings is 1. The van der Waals surface area contributed by atoms with Crippen molar-refractivity contribution in [3.8, 4) is 0 Å². The highest BCUT2D eigenvalue weighted by Crippen LogP contribution is 2.03. The van der Waals surface area contributed by atoms with E-state index in [-0.39, 0.29) is 54.7 Å². The smallest absolute Gasteiger partial charge is 0.241 e. The molecule has 6 nitrogen and oxygen atoms in total. The van der Waals surface area contributed by atoms with Crippen molar-refractivity contribution >= 4 is 35.8 Å². The second-order valence-corrected chi connectivity index (χ2v) is 5.19. The fraction of sp³-hybridized carbons (Fsp3) is 0.533. The molecule has 23 heavy (non-hydrogen) atoms. The summed E-state index contributed by atoms with van der Waals surface area (Å²) in [6.45, 7) is 4.28. The summed E-state index contributed by atoms with van der Waals surface area (Å²) in [5, 5.41) is 6.12. The Labute approximate surface area is 154 Å². The number of carbonyl (C=O) groups is 1. The summed E-state index contributed by atoms with van der Waals surface area (Å²) in [5.74, 6) is 0.00998. The number of likely N-dealkylation sites (N-methyl/N-ethyl adjacent to an activating group) is 1. The third-order valence-electron chi connectivity index (χ3n) is 3.12. The minimum Gasteiger partial charge on any atom is -0.354 e. The number of aliphatic imine (C=N–C) groups is 1. The van der Waals surface area contributed by atoms with Gasteiger partial charge < -0.3 is 15.5 Å². The van der Waals surface area contributed by atoms with E-state index in [0.29, 0.717) is 5.96 Å². The van der Waals surface area contributed by atoms with Gasteiger partial charge >= 0.3 is 0 Å². The molecule has 0 fully saturated rings. The highest BCUT2D eigenvalue weighted by molar-refractivity contribution is 14.0. The van der Waals surface area contributed by atoms with Gasteiger partial charge in [-0.05, 0) is 25.5 Å². The number of nitrogens with zero attached hydrogens (tertiary/aromatic N) is 3. The molecule has 1 rings (SSSR count). The molecule has 1 heterocycles. The molecule has 1 aromatic rings. The summed E-state index contributed by atoms with van der Waals surface area (Å²) < 4.78 is 13.6. The lowest BCUT2D eigenvalue weighted by atomic mass is 10.3. The Morgan fingerprint density at radius 1 is 1.48 bits per heavy atom. The highest BCUT2D eigenvalue weighted by atomic mass is 127. The maximum absolute atomic E-state index is 13.6. The van der Waals surface area contributed by atoms with Crippen LogP contribution in [-0.2, 0) is 11.3 Å². The van der Waals surface area contributed by atoms with E-state index in [1.807, 2.05) is 13.8 Å². The summed E-state index contributed by atoms with van der Waals surface area (Å²) >= 11 is 0. The van der Waals surface area contributed by atoms with Crippen LogP contribution in [0.5, 0.6) is 0 Å². The van der Waals surface area contributed by atoms with Crippen LogP contribution in [0.4, 0.5) is 4.39 Å². The monoisotopic (exact) mass is 437 g/mol. The van der Waals surface area contributed by atoms with Gasteiger partial charge in [-0.2, -0.15) is 0 Å². The second-order valence-electron chi connectivity index (χ2n) is 5.19. The summed E-state index contributed by atoms with van der Waals surface area (Å²) in [6, 6.07) is 3.08. The third kappa shape index (κ3) is 8.10. The largest absolute Gasteiger partial charge is 0.354 e. The first kappa shape index (κ1) is 21.6. The van der Waals surface area contributed by atoms with Crippen LogP contribution in [0, 0.1) is 5.82 Å². The lowest BCUT2D eigenvalue weighted by Gasteiger charge is -2.18. The van der Waals surface area contributed by atoms with Crippen LogP contribution in [0.3, 0.4) is 0 Å². The molecule has 0 saturated carbocycles. The molecular weight excluding hydrogens is 412 g/mol. The number of amides is 1. The molecule has 0 saturated heterocycles. The van der Waals surface area contributed by atoms with Gasteiger partial charge in [-0.25, -0.2) is 9.38 Å². The fourth-order valence-electron chi connectivity index (χ4n) is 1.49. The van der Waals surface area contributed by atoms with E-state index in [9.17, 15) is 9.18 Å². The lowest BCUT2D eigenvalue weighted by molar-refractivity contribution is -0.127. The summed E-state index contributed by atoms with van der Waals surface area (Å²) in [6.07, 6.45) is 2.43. The normalized spacial score (nSPS) is 12.1. The highest BCUT2D eigenvalue weighted by Gasteiger charge is 2.09. The first-order chi connectivity index (χ1) is 10.4. The summed E-state index contributed by atoms with van der Waals surface area (Å²) in [4.78, 5) is 21.4. The van der Waals surface area contributed by atoms with Gasteiger partial charge in [-0.3, -0.25) is 9.78 Å². The zero-order chi connectivity index (χ0) is 16.5. The molecule has 2 N–H and O–H groups in total. The van der Waals surface area contributed by atoms with Gasteiger partial charge in [-0.15, -0.1) is 24.0 Å². The number of hydrogen-bond acceptors (Lipinski definition) is 3. The number of rotatable bonds is 6. The molecule has 0 spiro atoms. The third-order valence-corrected chi connectivity index (χ3v) is 3.12. The zero-order valence-corrected chi connectivity index (χ0v) is 16.3. The van der Waals surface area contributed by atoms with Crippen molar-refractivity contribution in [1.82, 2.24) is 20.5 Å². The van der Waals surface area contributed by atoms with Crippen LogP contribution in [0.15, 0.2) is 23.3 Å². The SMILES string of the molecule is CCC(C)NC(=NCc1ncccc1F)NCC(=O)N(C)C.I. The molecular formula is C15H25FIN5O. The van der Waals surface area contributed by atoms with Crippen LogP contribution < -0.4 is 10.6 Å². The minimum absolute atomic E-state index is 0. The van der Waals surface area contributed by atoms with Crippen molar-refractivity contribution in [2.24, 2.45) is 4.99 Å². The van der Waals surface area contributed by atoms with Gasteiger partial charge in [0.05, 0.1) is 18.8 Å². The number of nitrogens with one attached hydrogen (secondary N) is 2. The Morgan fingerprint density at radius 3 is 2.74 bits per heavy atom. The Hall–Kier alpha value is -1.45. The van der Waals surface area contributed by atoms with Gasteiger partial charge in [0.1, 0.15) is 5.82 Å². The maximum atomic E-state index is 13.6. The molecule has 0 aromatic carbocycles. The molecule has 1 amide bonds. The molecule has 1 atom stereocenters. The average Bonchev–Trinajstić information content (AvgIpc) is 2.50. The van der Waals surface area contributed by atoms with Crippen molar-refractivity contribution in [1.29, 1.82) is 0 Å². The molecule has 0 bridgehead atoms. The molecule has 0 aliphatic heterocycles. The van der Waals surface area contributed by atoms with Crippen molar-refractivity contribution in [3.05, 3.63) is 29.8 Å². The minimum atomic E-state index is -0.390. The van der Waals surface area contributed by atoms with Crippen molar-refractivity contribution in [2.75, 3.05) is 20.6 Å². The molecule has 1 unspecified atom stereocenters. The molecule has 0 aliphatic rings. The molecule has 8 heteroatoms. The average molecular weight is 437 g/mol. The summed E-state index contributed by atoms with van der Waals surface area (Å²) in [7, 11) is 3.37. The standard InChI is InChI=1S/C15H24FN5O.HI/c1-5-11(2)20-15(19-10-14(22)21(3)4)18-9-13-12(16)7-6-8-17-13;/h6-8,11H,5,9-10H2,1-4H3,(H2,18,19,20);1H. The summed E-state index contributed by atoms with van der Waals surface area (Å²) in [5.41, 5.74) is 0.270. The molecule has 0 aliphatic carbocycles. The predicted molar refractivity (Wildman–Crippen MR) is 100 cm³/mol. The number of aromatic nitrogens is 1. The lowest BCUT2D eigenvalue weighted by Crippen LogP contribution is -2.45. The van der Waals surface area contributed by atoms with Gasteiger partial charge in [0.2, 0.25) is 5.91 Å². The van der Waals surface area contributed by atoms with Crippen LogP contribution in [0.1, 0.15) is 26.0 Å². The van der Waals surface area contributed by atoms with E-state index in [1.54, 1.807) is 14.1 Å². The van der Waals surface area contributed by atoms with Crippen molar-refractivity contribution in [2.45, 2.75) is 32.9 Å². The predicted octanol–water partition coefficient (Wildman–Crippen LogP) is 1.76. The van der Waals surface area contributed by atoms with E-state index >= 15 is 0 Å². The molecule has 1 aromatic heterocycles. The maximum Gasteiger partial charge on any atom is 0.241 e. The topological polar surface area (TPSA) is 69.6 Å². The Morgan fingerprint density at radius 2 is 2.17 bits per heavy atom. The quantitative estimate of drug-likeness (QED) is 0.405. The van der Waals surface area contributed by atoms with Crippen molar-refractivity contribution in [3.63, 3.8) is 0 Å². The number of halogens is 2. The molecule has 0 radical (unpaired) electrons. The van der Waals surface area contributed by atoms with E-state index in [1.165, 1.54) is 23.2 Å². The van der Waals surface area contributed by atoms with Crippen LogP contribution in [0.2, 0.25) is 0 Å². The van der Waals surface area contributed by atoms with Gasteiger partial charge in [0.15, 0.2) is 5.96 Å². The number of carbonyl (C=O) groups excluding carboxylic acids is 1.